The van der Waals surface area contributed by atoms with E-state index in [-0.39, 0.29) is 5.91 Å². The number of hydrogen-bond acceptors (Lipinski definition) is 4. The number of amides is 1. The lowest BCUT2D eigenvalue weighted by atomic mass is 10.4. The van der Waals surface area contributed by atoms with E-state index in [2.05, 4.69) is 17.2 Å². The van der Waals surface area contributed by atoms with Gasteiger partial charge in [0.25, 0.3) is 0 Å². The van der Waals surface area contributed by atoms with E-state index in [1.807, 2.05) is 0 Å². The molecule has 0 radical (unpaired) electrons. The predicted octanol–water partition coefficient (Wildman–Crippen LogP) is 2.56. The average molecular weight is 254 g/mol. The fourth-order valence-electron chi connectivity index (χ4n) is 1.18. The summed E-state index contributed by atoms with van der Waals surface area (Å²) in [6.45, 7) is 2.14. The molecule has 0 aliphatic carbocycles. The van der Waals surface area contributed by atoms with Gasteiger partial charge in [-0.2, -0.15) is 11.8 Å². The monoisotopic (exact) mass is 254 g/mol. The molecule has 1 heterocycles. The van der Waals surface area contributed by atoms with Gasteiger partial charge in [0.2, 0.25) is 11.8 Å². The number of carbonyl (C=O) groups excluding carboxylic acids is 1. The van der Waals surface area contributed by atoms with Gasteiger partial charge in [0.1, 0.15) is 0 Å². The largest absolute Gasteiger partial charge is 0.481 e. The van der Waals surface area contributed by atoms with Crippen LogP contribution in [-0.4, -0.2) is 29.5 Å². The molecule has 1 rings (SSSR count). The van der Waals surface area contributed by atoms with Gasteiger partial charge in [0.15, 0.2) is 0 Å². The molecule has 5 heteroatoms. The van der Waals surface area contributed by atoms with E-state index in [0.29, 0.717) is 17.3 Å². The Morgan fingerprint density at radius 2 is 2.35 bits per heavy atom. The standard InChI is InChI=1S/C12H18N2O2S/c1-3-4-7-17-9-11(15)14-10-5-6-12(16-2)13-8-10/h5-6,8H,3-4,7,9H2,1-2H3,(H,14,15). The molecule has 1 amide bonds. The number of unbranched alkanes of at least 4 members (excludes halogenated alkanes) is 1. The first kappa shape index (κ1) is 13.8. The second-order valence-electron chi connectivity index (χ2n) is 3.54. The number of nitrogens with one attached hydrogen (secondary N) is 1. The number of rotatable bonds is 7. The number of pyridine rings is 1. The van der Waals surface area contributed by atoms with E-state index in [1.54, 1.807) is 37.2 Å². The Morgan fingerprint density at radius 3 is 2.94 bits per heavy atom. The zero-order valence-electron chi connectivity index (χ0n) is 10.2. The van der Waals surface area contributed by atoms with Crippen LogP contribution in [0.4, 0.5) is 5.69 Å². The second-order valence-corrected chi connectivity index (χ2v) is 4.65. The maximum atomic E-state index is 11.5. The molecule has 0 aromatic carbocycles. The summed E-state index contributed by atoms with van der Waals surface area (Å²) >= 11 is 1.66. The van der Waals surface area contributed by atoms with E-state index in [1.165, 1.54) is 0 Å². The lowest BCUT2D eigenvalue weighted by Gasteiger charge is -2.05. The van der Waals surface area contributed by atoms with E-state index in [9.17, 15) is 4.79 Å². The lowest BCUT2D eigenvalue weighted by molar-refractivity contribution is -0.113. The fourth-order valence-corrected chi connectivity index (χ4v) is 2.08. The molecule has 1 N–H and O–H groups in total. The van der Waals surface area contributed by atoms with Gasteiger partial charge in [-0.05, 0) is 18.2 Å². The van der Waals surface area contributed by atoms with E-state index in [0.717, 1.165) is 18.6 Å². The number of methoxy groups -OCH3 is 1. The Balaban J connectivity index is 2.29. The molecule has 94 valence electrons. The third-order valence-electron chi connectivity index (χ3n) is 2.10. The van der Waals surface area contributed by atoms with Crippen LogP contribution in [0.15, 0.2) is 18.3 Å². The van der Waals surface area contributed by atoms with Crippen molar-refractivity contribution >= 4 is 23.4 Å². The van der Waals surface area contributed by atoms with Gasteiger partial charge in [-0.25, -0.2) is 4.98 Å². The van der Waals surface area contributed by atoms with E-state index < -0.39 is 0 Å². The molecule has 0 aliphatic heterocycles. The maximum absolute atomic E-state index is 11.5. The highest BCUT2D eigenvalue weighted by Gasteiger charge is 2.02. The van der Waals surface area contributed by atoms with E-state index >= 15 is 0 Å². The number of hydrogen-bond donors (Lipinski definition) is 1. The number of nitrogens with zero attached hydrogens (tertiary/aromatic N) is 1. The first-order valence-electron chi connectivity index (χ1n) is 5.64. The summed E-state index contributed by atoms with van der Waals surface area (Å²) in [6.07, 6.45) is 3.91. The molecular weight excluding hydrogens is 236 g/mol. The minimum atomic E-state index is 0.0121. The summed E-state index contributed by atoms with van der Waals surface area (Å²) in [7, 11) is 1.56. The van der Waals surface area contributed by atoms with Gasteiger partial charge in [0, 0.05) is 6.07 Å². The highest BCUT2D eigenvalue weighted by Crippen LogP contribution is 2.12. The molecule has 0 atom stereocenters. The van der Waals surface area contributed by atoms with Crippen molar-refractivity contribution in [3.8, 4) is 5.88 Å². The summed E-state index contributed by atoms with van der Waals surface area (Å²) in [4.78, 5) is 15.6. The van der Waals surface area contributed by atoms with E-state index in [4.69, 9.17) is 4.74 Å². The Kier molecular flexibility index (Phi) is 6.47. The third kappa shape index (κ3) is 5.58. The van der Waals surface area contributed by atoms with Crippen molar-refractivity contribution in [2.75, 3.05) is 23.9 Å². The van der Waals surface area contributed by atoms with Crippen LogP contribution in [0.1, 0.15) is 19.8 Å². The summed E-state index contributed by atoms with van der Waals surface area (Å²) in [5.41, 5.74) is 0.701. The summed E-state index contributed by atoms with van der Waals surface area (Å²) in [6, 6.07) is 3.50. The molecule has 4 nitrogen and oxygen atoms in total. The number of thioether (sulfide) groups is 1. The quantitative estimate of drug-likeness (QED) is 0.760. The van der Waals surface area contributed by atoms with Gasteiger partial charge >= 0.3 is 0 Å². The topological polar surface area (TPSA) is 51.2 Å². The molecular formula is C12H18N2O2S. The van der Waals surface area contributed by atoms with Crippen LogP contribution in [0.5, 0.6) is 5.88 Å². The van der Waals surface area contributed by atoms with Gasteiger partial charge in [0.05, 0.1) is 24.7 Å². The van der Waals surface area contributed by atoms with Crippen molar-refractivity contribution in [1.82, 2.24) is 4.98 Å². The number of carbonyl (C=O) groups is 1. The molecule has 0 saturated carbocycles. The fraction of sp³-hybridized carbons (Fsp3) is 0.500. The zero-order valence-corrected chi connectivity index (χ0v) is 11.0. The smallest absolute Gasteiger partial charge is 0.234 e. The first-order chi connectivity index (χ1) is 8.26. The van der Waals surface area contributed by atoms with Crippen LogP contribution in [0.3, 0.4) is 0 Å². The van der Waals surface area contributed by atoms with Crippen LogP contribution in [-0.2, 0) is 4.79 Å². The third-order valence-corrected chi connectivity index (χ3v) is 3.15. The molecule has 0 bridgehead atoms. The van der Waals surface area contributed by atoms with Gasteiger partial charge in [-0.15, -0.1) is 0 Å². The molecule has 17 heavy (non-hydrogen) atoms. The molecule has 0 unspecified atom stereocenters. The van der Waals surface area contributed by atoms with Crippen LogP contribution in [0, 0.1) is 0 Å². The molecule has 1 aromatic rings. The number of anilines is 1. The summed E-state index contributed by atoms with van der Waals surface area (Å²) in [5, 5.41) is 2.79. The average Bonchev–Trinajstić information content (AvgIpc) is 2.36. The normalized spacial score (nSPS) is 10.0. The minimum Gasteiger partial charge on any atom is -0.481 e. The van der Waals surface area contributed by atoms with Crippen molar-refractivity contribution < 1.29 is 9.53 Å². The van der Waals surface area contributed by atoms with Crippen molar-refractivity contribution in [2.45, 2.75) is 19.8 Å². The Bertz CT molecular complexity index is 341. The van der Waals surface area contributed by atoms with Crippen molar-refractivity contribution in [3.63, 3.8) is 0 Å². The molecule has 0 aliphatic rings. The molecule has 0 saturated heterocycles. The Hall–Kier alpha value is -1.23. The Labute approximate surface area is 106 Å². The SMILES string of the molecule is CCCCSCC(=O)Nc1ccc(OC)nc1. The highest BCUT2D eigenvalue weighted by atomic mass is 32.2. The number of aromatic nitrogens is 1. The van der Waals surface area contributed by atoms with Crippen LogP contribution in [0.25, 0.3) is 0 Å². The van der Waals surface area contributed by atoms with Gasteiger partial charge < -0.3 is 10.1 Å². The van der Waals surface area contributed by atoms with Gasteiger partial charge in [-0.3, -0.25) is 4.79 Å². The Morgan fingerprint density at radius 1 is 1.53 bits per heavy atom. The highest BCUT2D eigenvalue weighted by molar-refractivity contribution is 7.99. The van der Waals surface area contributed by atoms with Crippen LogP contribution >= 0.6 is 11.8 Å². The van der Waals surface area contributed by atoms with Crippen molar-refractivity contribution in [1.29, 1.82) is 0 Å². The number of ether oxygens (including phenoxy) is 1. The van der Waals surface area contributed by atoms with Crippen LogP contribution < -0.4 is 10.1 Å². The first-order valence-corrected chi connectivity index (χ1v) is 6.79. The van der Waals surface area contributed by atoms with Crippen molar-refractivity contribution in [2.24, 2.45) is 0 Å². The molecule has 1 aromatic heterocycles. The minimum absolute atomic E-state index is 0.0121. The summed E-state index contributed by atoms with van der Waals surface area (Å²) < 4.78 is 4.94. The molecule has 0 fully saturated rings. The predicted molar refractivity (Wildman–Crippen MR) is 71.7 cm³/mol. The zero-order chi connectivity index (χ0) is 12.5. The van der Waals surface area contributed by atoms with Crippen molar-refractivity contribution in [3.05, 3.63) is 18.3 Å². The summed E-state index contributed by atoms with van der Waals surface area (Å²) in [5.74, 6) is 2.08. The second kappa shape index (κ2) is 7.95. The lowest BCUT2D eigenvalue weighted by Crippen LogP contribution is -2.14. The van der Waals surface area contributed by atoms with Crippen LogP contribution in [0.2, 0.25) is 0 Å². The maximum Gasteiger partial charge on any atom is 0.234 e. The molecule has 0 spiro atoms. The van der Waals surface area contributed by atoms with Gasteiger partial charge in [-0.1, -0.05) is 13.3 Å².